The molecule has 1 atom stereocenters. The first-order chi connectivity index (χ1) is 9.06. The van der Waals surface area contributed by atoms with E-state index in [1.807, 2.05) is 11.4 Å². The quantitative estimate of drug-likeness (QED) is 0.722. The lowest BCUT2D eigenvalue weighted by Crippen LogP contribution is -2.33. The monoisotopic (exact) mass is 300 g/mol. The first-order valence-electron chi connectivity index (χ1n) is 6.87. The maximum atomic E-state index is 11.9. The van der Waals surface area contributed by atoms with Crippen LogP contribution in [0.5, 0.6) is 0 Å². The Morgan fingerprint density at radius 2 is 2.16 bits per heavy atom. The first kappa shape index (κ1) is 16.5. The van der Waals surface area contributed by atoms with Crippen molar-refractivity contribution in [2.45, 2.75) is 44.6 Å². The van der Waals surface area contributed by atoms with Crippen molar-refractivity contribution in [2.24, 2.45) is 0 Å². The summed E-state index contributed by atoms with van der Waals surface area (Å²) < 4.78 is 0. The second kappa shape index (κ2) is 8.61. The van der Waals surface area contributed by atoms with Gasteiger partial charge in [0, 0.05) is 16.3 Å². The zero-order chi connectivity index (χ0) is 14.3. The van der Waals surface area contributed by atoms with Gasteiger partial charge in [0.05, 0.1) is 4.88 Å². The van der Waals surface area contributed by atoms with Gasteiger partial charge in [-0.3, -0.25) is 4.79 Å². The molecule has 0 spiro atoms. The van der Waals surface area contributed by atoms with Gasteiger partial charge in [-0.25, -0.2) is 0 Å². The third-order valence-corrected chi connectivity index (χ3v) is 4.55. The second-order valence-electron chi connectivity index (χ2n) is 4.71. The normalized spacial score (nSPS) is 12.7. The van der Waals surface area contributed by atoms with Gasteiger partial charge in [0.2, 0.25) is 0 Å². The third-order valence-electron chi connectivity index (χ3n) is 3.19. The van der Waals surface area contributed by atoms with Crippen molar-refractivity contribution in [3.8, 4) is 0 Å². The molecule has 0 aliphatic rings. The molecule has 0 aromatic carbocycles. The van der Waals surface area contributed by atoms with Crippen molar-refractivity contribution in [2.75, 3.05) is 19.6 Å². The van der Waals surface area contributed by atoms with E-state index in [2.05, 4.69) is 43.6 Å². The van der Waals surface area contributed by atoms with Crippen LogP contribution in [-0.2, 0) is 0 Å². The van der Waals surface area contributed by atoms with E-state index in [0.29, 0.717) is 0 Å². The fraction of sp³-hybridized carbons (Fsp3) is 0.643. The van der Waals surface area contributed by atoms with Crippen LogP contribution in [0, 0.1) is 0 Å². The van der Waals surface area contributed by atoms with E-state index in [9.17, 15) is 4.79 Å². The number of carbonyl (C=O) groups is 1. The van der Waals surface area contributed by atoms with Crippen LogP contribution in [0.1, 0.15) is 43.3 Å². The Hall–Kier alpha value is -0.520. The Morgan fingerprint density at radius 1 is 1.47 bits per heavy atom. The van der Waals surface area contributed by atoms with E-state index >= 15 is 0 Å². The smallest absolute Gasteiger partial charge is 0.261 e. The molecular weight excluding hydrogens is 276 g/mol. The van der Waals surface area contributed by atoms with Crippen molar-refractivity contribution in [1.29, 1.82) is 0 Å². The van der Waals surface area contributed by atoms with Gasteiger partial charge >= 0.3 is 0 Å². The molecule has 1 aromatic rings. The zero-order valence-corrected chi connectivity index (χ0v) is 13.7. The zero-order valence-electron chi connectivity index (χ0n) is 12.0. The summed E-state index contributed by atoms with van der Waals surface area (Å²) in [4.78, 5) is 15.9. The summed E-state index contributed by atoms with van der Waals surface area (Å²) in [6.45, 7) is 9.72. The minimum atomic E-state index is 0.0145. The molecular formula is C14H24N2OS2. The third kappa shape index (κ3) is 5.97. The maximum Gasteiger partial charge on any atom is 0.261 e. The highest BCUT2D eigenvalue weighted by atomic mass is 32.1. The summed E-state index contributed by atoms with van der Waals surface area (Å²) in [6.07, 6.45) is 2.13. The average molecular weight is 300 g/mol. The Bertz CT molecular complexity index is 389. The molecule has 1 amide bonds. The standard InChI is InChI=1S/C14H24N2OS2/c1-4-16(5-2)8-6-7-11(3)15-14(17)13-9-12(18)10-19-13/h9-11,18H,4-8H2,1-3H3,(H,15,17). The molecule has 3 nitrogen and oxygen atoms in total. The lowest BCUT2D eigenvalue weighted by atomic mass is 10.1. The van der Waals surface area contributed by atoms with Gasteiger partial charge < -0.3 is 10.2 Å². The fourth-order valence-corrected chi connectivity index (χ4v) is 3.02. The van der Waals surface area contributed by atoms with Gasteiger partial charge in [0.1, 0.15) is 0 Å². The molecule has 19 heavy (non-hydrogen) atoms. The number of thiol groups is 1. The molecule has 1 rings (SSSR count). The van der Waals surface area contributed by atoms with E-state index in [0.717, 1.165) is 42.2 Å². The highest BCUT2D eigenvalue weighted by Crippen LogP contribution is 2.17. The lowest BCUT2D eigenvalue weighted by Gasteiger charge is -2.19. The predicted octanol–water partition coefficient (Wildman–Crippen LogP) is 3.28. The summed E-state index contributed by atoms with van der Waals surface area (Å²) >= 11 is 5.65. The van der Waals surface area contributed by atoms with E-state index in [1.54, 1.807) is 0 Å². The Kier molecular flexibility index (Phi) is 7.49. The van der Waals surface area contributed by atoms with E-state index in [1.165, 1.54) is 11.3 Å². The number of hydrogen-bond acceptors (Lipinski definition) is 4. The van der Waals surface area contributed by atoms with Crippen LogP contribution in [0.3, 0.4) is 0 Å². The second-order valence-corrected chi connectivity index (χ2v) is 6.14. The largest absolute Gasteiger partial charge is 0.349 e. The molecule has 0 saturated carbocycles. The number of carbonyl (C=O) groups excluding carboxylic acids is 1. The molecule has 108 valence electrons. The molecule has 0 aliphatic heterocycles. The molecule has 5 heteroatoms. The number of rotatable bonds is 8. The van der Waals surface area contributed by atoms with Crippen LogP contribution in [0.15, 0.2) is 16.3 Å². The van der Waals surface area contributed by atoms with Crippen LogP contribution in [0.25, 0.3) is 0 Å². The van der Waals surface area contributed by atoms with Gasteiger partial charge in [0.25, 0.3) is 5.91 Å². The van der Waals surface area contributed by atoms with Crippen molar-refractivity contribution < 1.29 is 4.79 Å². The number of nitrogens with one attached hydrogen (secondary N) is 1. The van der Waals surface area contributed by atoms with Crippen LogP contribution >= 0.6 is 24.0 Å². The van der Waals surface area contributed by atoms with E-state index < -0.39 is 0 Å². The van der Waals surface area contributed by atoms with Crippen molar-refractivity contribution in [1.82, 2.24) is 10.2 Å². The van der Waals surface area contributed by atoms with E-state index in [4.69, 9.17) is 0 Å². The summed E-state index contributed by atoms with van der Waals surface area (Å²) in [5.41, 5.74) is 0. The molecule has 0 aliphatic carbocycles. The van der Waals surface area contributed by atoms with Crippen LogP contribution < -0.4 is 5.32 Å². The number of amides is 1. The van der Waals surface area contributed by atoms with Crippen LogP contribution in [0.4, 0.5) is 0 Å². The van der Waals surface area contributed by atoms with Gasteiger partial charge in [-0.1, -0.05) is 13.8 Å². The molecule has 0 saturated heterocycles. The SMILES string of the molecule is CCN(CC)CCCC(C)NC(=O)c1cc(S)cs1. The predicted molar refractivity (Wildman–Crippen MR) is 85.5 cm³/mol. The highest BCUT2D eigenvalue weighted by Gasteiger charge is 2.11. The minimum absolute atomic E-state index is 0.0145. The average Bonchev–Trinajstić information content (AvgIpc) is 2.81. The Labute approximate surface area is 125 Å². The van der Waals surface area contributed by atoms with Crippen LogP contribution in [-0.4, -0.2) is 36.5 Å². The minimum Gasteiger partial charge on any atom is -0.349 e. The molecule has 0 bridgehead atoms. The number of thiophene rings is 1. The Morgan fingerprint density at radius 3 is 2.68 bits per heavy atom. The van der Waals surface area contributed by atoms with Crippen molar-refractivity contribution in [3.63, 3.8) is 0 Å². The van der Waals surface area contributed by atoms with Gasteiger partial charge in [0.15, 0.2) is 0 Å². The number of nitrogens with zero attached hydrogens (tertiary/aromatic N) is 1. The topological polar surface area (TPSA) is 32.3 Å². The molecule has 1 unspecified atom stereocenters. The Balaban J connectivity index is 2.27. The van der Waals surface area contributed by atoms with Crippen molar-refractivity contribution in [3.05, 3.63) is 16.3 Å². The summed E-state index contributed by atoms with van der Waals surface area (Å²) in [6, 6.07) is 2.03. The molecule has 0 fully saturated rings. The van der Waals surface area contributed by atoms with Gasteiger partial charge in [-0.15, -0.1) is 24.0 Å². The lowest BCUT2D eigenvalue weighted by molar-refractivity contribution is 0.0941. The molecule has 1 aromatic heterocycles. The summed E-state index contributed by atoms with van der Waals surface area (Å²) in [5, 5.41) is 4.92. The summed E-state index contributed by atoms with van der Waals surface area (Å²) in [7, 11) is 0. The van der Waals surface area contributed by atoms with Gasteiger partial charge in [-0.05, 0) is 45.5 Å². The molecule has 1 N–H and O–H groups in total. The molecule has 0 radical (unpaired) electrons. The van der Waals surface area contributed by atoms with Crippen molar-refractivity contribution >= 4 is 29.9 Å². The fourth-order valence-electron chi connectivity index (χ4n) is 1.97. The highest BCUT2D eigenvalue weighted by molar-refractivity contribution is 7.80. The van der Waals surface area contributed by atoms with Gasteiger partial charge in [-0.2, -0.15) is 0 Å². The first-order valence-corrected chi connectivity index (χ1v) is 8.20. The summed E-state index contributed by atoms with van der Waals surface area (Å²) in [5.74, 6) is 0.0145. The van der Waals surface area contributed by atoms with E-state index in [-0.39, 0.29) is 11.9 Å². The maximum absolute atomic E-state index is 11.9. The number of hydrogen-bond donors (Lipinski definition) is 2. The molecule has 1 heterocycles. The van der Waals surface area contributed by atoms with Crippen LogP contribution in [0.2, 0.25) is 0 Å².